The van der Waals surface area contributed by atoms with Crippen molar-refractivity contribution in [2.45, 2.75) is 0 Å². The molecule has 0 unspecified atom stereocenters. The number of anilines is 2. The number of carbonyl (C=O) groups is 1. The van der Waals surface area contributed by atoms with Gasteiger partial charge in [0.2, 0.25) is 0 Å². The van der Waals surface area contributed by atoms with Crippen molar-refractivity contribution in [2.75, 3.05) is 10.6 Å². The first-order chi connectivity index (χ1) is 6.31. The zero-order valence-electron chi connectivity index (χ0n) is 6.74. The fourth-order valence-electron chi connectivity index (χ4n) is 1.18. The van der Waals surface area contributed by atoms with Crippen LogP contribution in [0.15, 0.2) is 36.2 Å². The highest BCUT2D eigenvalue weighted by molar-refractivity contribution is 6.10. The van der Waals surface area contributed by atoms with Crippen LogP contribution in [0, 0.1) is 0 Å². The van der Waals surface area contributed by atoms with Gasteiger partial charge in [0.05, 0.1) is 11.4 Å². The van der Waals surface area contributed by atoms with E-state index in [2.05, 4.69) is 10.6 Å². The summed E-state index contributed by atoms with van der Waals surface area (Å²) in [5.41, 5.74) is 1.65. The molecule has 1 heterocycles. The van der Waals surface area contributed by atoms with Crippen LogP contribution in [0.25, 0.3) is 0 Å². The summed E-state index contributed by atoms with van der Waals surface area (Å²) in [5, 5.41) is 14.1. The summed E-state index contributed by atoms with van der Waals surface area (Å²) in [6.07, 6.45) is 0.755. The van der Waals surface area contributed by atoms with Gasteiger partial charge in [0.25, 0.3) is 5.91 Å². The maximum Gasteiger partial charge on any atom is 0.275 e. The summed E-state index contributed by atoms with van der Waals surface area (Å²) < 4.78 is 0. The van der Waals surface area contributed by atoms with Crippen LogP contribution < -0.4 is 10.6 Å². The molecule has 3 N–H and O–H groups in total. The predicted molar refractivity (Wildman–Crippen MR) is 49.4 cm³/mol. The molecule has 1 aromatic rings. The highest BCUT2D eigenvalue weighted by Crippen LogP contribution is 2.26. The van der Waals surface area contributed by atoms with Crippen molar-refractivity contribution < 1.29 is 9.90 Å². The van der Waals surface area contributed by atoms with Gasteiger partial charge >= 0.3 is 0 Å². The van der Waals surface area contributed by atoms with E-state index < -0.39 is 0 Å². The van der Waals surface area contributed by atoms with Crippen molar-refractivity contribution in [3.8, 4) is 0 Å². The van der Waals surface area contributed by atoms with E-state index in [0.29, 0.717) is 0 Å². The predicted octanol–water partition coefficient (Wildman–Crippen LogP) is 1.45. The zero-order chi connectivity index (χ0) is 9.26. The summed E-state index contributed by atoms with van der Waals surface area (Å²) in [4.78, 5) is 11.2. The maximum atomic E-state index is 11.2. The number of amides is 1. The van der Waals surface area contributed by atoms with Crippen LogP contribution in [0.5, 0.6) is 0 Å². The number of hydrogen-bond acceptors (Lipinski definition) is 3. The van der Waals surface area contributed by atoms with E-state index >= 15 is 0 Å². The van der Waals surface area contributed by atoms with Crippen LogP contribution in [-0.2, 0) is 4.79 Å². The average Bonchev–Trinajstić information content (AvgIpc) is 2.17. The van der Waals surface area contributed by atoms with Gasteiger partial charge in [-0.2, -0.15) is 0 Å². The smallest absolute Gasteiger partial charge is 0.275 e. The lowest BCUT2D eigenvalue weighted by atomic mass is 10.2. The number of para-hydroxylation sites is 2. The Hall–Kier alpha value is -1.97. The van der Waals surface area contributed by atoms with Crippen LogP contribution in [0.3, 0.4) is 0 Å². The van der Waals surface area contributed by atoms with Gasteiger partial charge in [-0.3, -0.25) is 4.79 Å². The van der Waals surface area contributed by atoms with Gasteiger partial charge in [-0.1, -0.05) is 12.1 Å². The van der Waals surface area contributed by atoms with Crippen molar-refractivity contribution in [3.63, 3.8) is 0 Å². The number of benzene rings is 1. The molecular weight excluding hydrogens is 168 g/mol. The van der Waals surface area contributed by atoms with Gasteiger partial charge in [-0.05, 0) is 12.1 Å². The second-order valence-corrected chi connectivity index (χ2v) is 2.67. The molecule has 13 heavy (non-hydrogen) atoms. The van der Waals surface area contributed by atoms with Gasteiger partial charge in [0, 0.05) is 0 Å². The molecule has 1 amide bonds. The molecule has 2 rings (SSSR count). The van der Waals surface area contributed by atoms with Gasteiger partial charge < -0.3 is 15.7 Å². The second kappa shape index (κ2) is 2.82. The quantitative estimate of drug-likeness (QED) is 0.414. The molecule has 66 valence electrons. The first-order valence-electron chi connectivity index (χ1n) is 3.83. The van der Waals surface area contributed by atoms with E-state index in [1.165, 1.54) is 0 Å². The topological polar surface area (TPSA) is 61.4 Å². The van der Waals surface area contributed by atoms with E-state index in [1.54, 1.807) is 6.07 Å². The van der Waals surface area contributed by atoms with Gasteiger partial charge in [0.1, 0.15) is 12.0 Å². The third-order valence-electron chi connectivity index (χ3n) is 1.82. The number of aliphatic hydroxyl groups is 1. The first-order valence-corrected chi connectivity index (χ1v) is 3.83. The highest BCUT2D eigenvalue weighted by Gasteiger charge is 2.18. The zero-order valence-corrected chi connectivity index (χ0v) is 6.74. The number of fused-ring (bicyclic) bond motifs is 1. The minimum absolute atomic E-state index is 0.152. The Bertz CT molecular complexity index is 385. The number of carbonyl (C=O) groups excluding carboxylic acids is 1. The lowest BCUT2D eigenvalue weighted by Crippen LogP contribution is -2.25. The molecule has 1 aliphatic heterocycles. The Morgan fingerprint density at radius 3 is 2.38 bits per heavy atom. The van der Waals surface area contributed by atoms with Crippen LogP contribution in [-0.4, -0.2) is 11.0 Å². The van der Waals surface area contributed by atoms with E-state index in [9.17, 15) is 4.79 Å². The summed E-state index contributed by atoms with van der Waals surface area (Å²) in [5.74, 6) is -0.332. The summed E-state index contributed by atoms with van der Waals surface area (Å²) in [6, 6.07) is 7.28. The van der Waals surface area contributed by atoms with E-state index in [1.807, 2.05) is 18.2 Å². The van der Waals surface area contributed by atoms with E-state index in [-0.39, 0.29) is 11.6 Å². The van der Waals surface area contributed by atoms with Gasteiger partial charge in [-0.15, -0.1) is 0 Å². The molecule has 0 spiro atoms. The molecule has 0 fully saturated rings. The molecule has 0 atom stereocenters. The first kappa shape index (κ1) is 7.67. The molecule has 0 aromatic heterocycles. The van der Waals surface area contributed by atoms with Crippen molar-refractivity contribution in [3.05, 3.63) is 36.2 Å². The molecule has 4 nitrogen and oxygen atoms in total. The number of hydrogen-bond donors (Lipinski definition) is 3. The van der Waals surface area contributed by atoms with Crippen molar-refractivity contribution in [1.82, 2.24) is 0 Å². The fraction of sp³-hybridized carbons (Fsp3) is 0. The van der Waals surface area contributed by atoms with Crippen LogP contribution >= 0.6 is 0 Å². The lowest BCUT2D eigenvalue weighted by Gasteiger charge is -2.19. The molecule has 0 saturated carbocycles. The van der Waals surface area contributed by atoms with Crippen LogP contribution in [0.2, 0.25) is 0 Å². The minimum Gasteiger partial charge on any atom is -0.513 e. The Balaban J connectivity index is 2.44. The van der Waals surface area contributed by atoms with Gasteiger partial charge in [0.15, 0.2) is 0 Å². The monoisotopic (exact) mass is 176 g/mol. The fourth-order valence-corrected chi connectivity index (χ4v) is 1.18. The molecule has 0 saturated heterocycles. The Morgan fingerprint density at radius 1 is 1.15 bits per heavy atom. The molecule has 1 aromatic carbocycles. The summed E-state index contributed by atoms with van der Waals surface area (Å²) in [7, 11) is 0. The summed E-state index contributed by atoms with van der Waals surface area (Å²) in [6.45, 7) is 0. The lowest BCUT2D eigenvalue weighted by molar-refractivity contribution is -0.112. The largest absolute Gasteiger partial charge is 0.513 e. The minimum atomic E-state index is -0.332. The molecular formula is C9H8N2O2. The average molecular weight is 176 g/mol. The Morgan fingerprint density at radius 2 is 1.77 bits per heavy atom. The third kappa shape index (κ3) is 1.22. The van der Waals surface area contributed by atoms with Crippen molar-refractivity contribution in [1.29, 1.82) is 0 Å². The van der Waals surface area contributed by atoms with Crippen molar-refractivity contribution in [2.24, 2.45) is 0 Å². The molecule has 1 aliphatic rings. The van der Waals surface area contributed by atoms with Crippen LogP contribution in [0.4, 0.5) is 11.4 Å². The second-order valence-electron chi connectivity index (χ2n) is 2.67. The van der Waals surface area contributed by atoms with E-state index in [0.717, 1.165) is 17.6 Å². The third-order valence-corrected chi connectivity index (χ3v) is 1.82. The number of aliphatic hydroxyl groups excluding tert-OH is 1. The van der Waals surface area contributed by atoms with Crippen LogP contribution in [0.1, 0.15) is 0 Å². The molecule has 0 radical (unpaired) electrons. The summed E-state index contributed by atoms with van der Waals surface area (Å²) >= 11 is 0. The standard InChI is InChI=1S/C9H8N2O2/c12-5-8-9(13)11-7-4-2-1-3-6(7)10-8/h1-5,10,12H,(H,11,13)/b8-5+. The Kier molecular flexibility index (Phi) is 1.66. The highest BCUT2D eigenvalue weighted by atomic mass is 16.2. The van der Waals surface area contributed by atoms with Crippen molar-refractivity contribution >= 4 is 17.3 Å². The molecule has 4 heteroatoms. The number of nitrogens with one attached hydrogen (secondary N) is 2. The molecule has 0 aliphatic carbocycles. The Labute approximate surface area is 74.9 Å². The molecule has 0 bridgehead atoms. The van der Waals surface area contributed by atoms with E-state index in [4.69, 9.17) is 5.11 Å². The normalized spacial score (nSPS) is 17.5. The SMILES string of the molecule is O=C1Nc2ccccc2N/C1=C/O. The number of rotatable bonds is 0. The maximum absolute atomic E-state index is 11.2. The van der Waals surface area contributed by atoms with Gasteiger partial charge in [-0.25, -0.2) is 0 Å².